The standard InChI is InChI=1S/C13H23N5S/c1-5-18(6-2)8-10(4)16-13-15-9(3)7-11(17-13)12(14)19/h7,10H,5-6,8H2,1-4H3,(H2,14,19)(H,15,16,17). The minimum absolute atomic E-state index is 0.265. The Balaban J connectivity index is 2.73. The molecule has 0 radical (unpaired) electrons. The summed E-state index contributed by atoms with van der Waals surface area (Å²) in [6.45, 7) is 11.4. The summed E-state index contributed by atoms with van der Waals surface area (Å²) in [5.41, 5.74) is 7.08. The fourth-order valence-corrected chi connectivity index (χ4v) is 2.00. The maximum atomic E-state index is 5.61. The van der Waals surface area contributed by atoms with Crippen LogP contribution in [0.15, 0.2) is 6.07 Å². The lowest BCUT2D eigenvalue weighted by Gasteiger charge is -2.23. The monoisotopic (exact) mass is 281 g/mol. The number of hydrogen-bond acceptors (Lipinski definition) is 5. The van der Waals surface area contributed by atoms with Crippen molar-refractivity contribution in [1.29, 1.82) is 0 Å². The van der Waals surface area contributed by atoms with E-state index >= 15 is 0 Å². The first-order chi connectivity index (χ1) is 8.96. The zero-order valence-corrected chi connectivity index (χ0v) is 12.9. The van der Waals surface area contributed by atoms with Crippen LogP contribution in [0, 0.1) is 6.92 Å². The molecule has 1 aromatic heterocycles. The van der Waals surface area contributed by atoms with Gasteiger partial charge in [-0.3, -0.25) is 0 Å². The Hall–Kier alpha value is -1.27. The Kier molecular flexibility index (Phi) is 6.11. The number of nitrogens with two attached hydrogens (primary N) is 1. The van der Waals surface area contributed by atoms with E-state index in [1.165, 1.54) is 0 Å². The molecule has 0 aliphatic rings. The first kappa shape index (κ1) is 15.8. The van der Waals surface area contributed by atoms with Gasteiger partial charge in [-0.1, -0.05) is 26.1 Å². The molecule has 0 aliphatic carbocycles. The summed E-state index contributed by atoms with van der Waals surface area (Å²) in [6.07, 6.45) is 0. The summed E-state index contributed by atoms with van der Waals surface area (Å²) in [5, 5.41) is 3.30. The molecule has 0 saturated heterocycles. The number of likely N-dealkylation sites (N-methyl/N-ethyl adjacent to an activating group) is 1. The third-order valence-electron chi connectivity index (χ3n) is 2.91. The maximum Gasteiger partial charge on any atom is 0.223 e. The van der Waals surface area contributed by atoms with Gasteiger partial charge in [0.1, 0.15) is 10.7 Å². The first-order valence-electron chi connectivity index (χ1n) is 6.60. The summed E-state index contributed by atoms with van der Waals surface area (Å²) in [6, 6.07) is 2.06. The molecule has 106 valence electrons. The molecule has 0 fully saturated rings. The van der Waals surface area contributed by atoms with Crippen LogP contribution in [0.4, 0.5) is 5.95 Å². The summed E-state index contributed by atoms with van der Waals surface area (Å²) in [4.78, 5) is 11.3. The van der Waals surface area contributed by atoms with Crippen LogP contribution < -0.4 is 11.1 Å². The van der Waals surface area contributed by atoms with Crippen molar-refractivity contribution in [2.45, 2.75) is 33.7 Å². The van der Waals surface area contributed by atoms with Crippen molar-refractivity contribution in [2.24, 2.45) is 5.73 Å². The molecule has 0 spiro atoms. The quantitative estimate of drug-likeness (QED) is 0.739. The van der Waals surface area contributed by atoms with Crippen molar-refractivity contribution in [3.63, 3.8) is 0 Å². The van der Waals surface area contributed by atoms with Crippen LogP contribution in [-0.2, 0) is 0 Å². The zero-order valence-electron chi connectivity index (χ0n) is 12.1. The lowest BCUT2D eigenvalue weighted by molar-refractivity contribution is 0.294. The van der Waals surface area contributed by atoms with Crippen molar-refractivity contribution in [3.05, 3.63) is 17.5 Å². The first-order valence-corrected chi connectivity index (χ1v) is 7.01. The predicted octanol–water partition coefficient (Wildman–Crippen LogP) is 1.56. The van der Waals surface area contributed by atoms with E-state index in [0.717, 1.165) is 25.3 Å². The molecule has 1 unspecified atom stereocenters. The van der Waals surface area contributed by atoms with Gasteiger partial charge in [-0.05, 0) is 33.0 Å². The van der Waals surface area contributed by atoms with Crippen molar-refractivity contribution in [2.75, 3.05) is 25.0 Å². The van der Waals surface area contributed by atoms with Gasteiger partial charge in [-0.15, -0.1) is 0 Å². The molecule has 0 amide bonds. The molecule has 6 heteroatoms. The van der Waals surface area contributed by atoms with Gasteiger partial charge < -0.3 is 16.0 Å². The summed E-state index contributed by atoms with van der Waals surface area (Å²) in [7, 11) is 0. The fourth-order valence-electron chi connectivity index (χ4n) is 1.89. The number of rotatable bonds is 7. The lowest BCUT2D eigenvalue weighted by atomic mass is 10.3. The van der Waals surface area contributed by atoms with E-state index in [1.54, 1.807) is 6.07 Å². The van der Waals surface area contributed by atoms with E-state index in [0.29, 0.717) is 16.6 Å². The van der Waals surface area contributed by atoms with Crippen LogP contribution in [0.1, 0.15) is 32.2 Å². The number of nitrogens with one attached hydrogen (secondary N) is 1. The van der Waals surface area contributed by atoms with Crippen LogP contribution in [0.25, 0.3) is 0 Å². The van der Waals surface area contributed by atoms with Crippen LogP contribution in [0.5, 0.6) is 0 Å². The van der Waals surface area contributed by atoms with Gasteiger partial charge >= 0.3 is 0 Å². The molecular weight excluding hydrogens is 258 g/mol. The van der Waals surface area contributed by atoms with Crippen LogP contribution in [0.2, 0.25) is 0 Å². The molecule has 0 saturated carbocycles. The predicted molar refractivity (Wildman–Crippen MR) is 83.5 cm³/mol. The zero-order chi connectivity index (χ0) is 14.4. The van der Waals surface area contributed by atoms with Crippen LogP contribution in [-0.4, -0.2) is 45.5 Å². The second-order valence-electron chi connectivity index (χ2n) is 4.61. The molecule has 3 N–H and O–H groups in total. The van der Waals surface area contributed by atoms with Crippen LogP contribution >= 0.6 is 12.2 Å². The van der Waals surface area contributed by atoms with E-state index in [9.17, 15) is 0 Å². The van der Waals surface area contributed by atoms with E-state index in [2.05, 4.69) is 41.0 Å². The number of aryl methyl sites for hydroxylation is 1. The van der Waals surface area contributed by atoms with Gasteiger partial charge in [0.2, 0.25) is 5.95 Å². The molecule has 1 atom stereocenters. The largest absolute Gasteiger partial charge is 0.388 e. The van der Waals surface area contributed by atoms with E-state index in [4.69, 9.17) is 18.0 Å². The highest BCUT2D eigenvalue weighted by atomic mass is 32.1. The smallest absolute Gasteiger partial charge is 0.223 e. The second kappa shape index (κ2) is 7.35. The highest BCUT2D eigenvalue weighted by molar-refractivity contribution is 7.80. The Morgan fingerprint density at radius 3 is 2.58 bits per heavy atom. The minimum atomic E-state index is 0.265. The van der Waals surface area contributed by atoms with E-state index < -0.39 is 0 Å². The normalized spacial score (nSPS) is 12.5. The molecule has 1 rings (SSSR count). The molecule has 1 heterocycles. The van der Waals surface area contributed by atoms with Gasteiger partial charge in [0.15, 0.2) is 0 Å². The van der Waals surface area contributed by atoms with Gasteiger partial charge in [0.25, 0.3) is 0 Å². The molecule has 5 nitrogen and oxygen atoms in total. The van der Waals surface area contributed by atoms with Crippen molar-refractivity contribution in [1.82, 2.24) is 14.9 Å². The van der Waals surface area contributed by atoms with Crippen molar-refractivity contribution in [3.8, 4) is 0 Å². The third-order valence-corrected chi connectivity index (χ3v) is 3.12. The summed E-state index contributed by atoms with van der Waals surface area (Å²) >= 11 is 4.95. The number of anilines is 1. The summed E-state index contributed by atoms with van der Waals surface area (Å²) < 4.78 is 0. The maximum absolute atomic E-state index is 5.61. The third kappa shape index (κ3) is 5.08. The van der Waals surface area contributed by atoms with Crippen molar-refractivity contribution >= 4 is 23.2 Å². The average molecular weight is 281 g/mol. The van der Waals surface area contributed by atoms with Crippen LogP contribution in [0.3, 0.4) is 0 Å². The Morgan fingerprint density at radius 2 is 2.05 bits per heavy atom. The number of aromatic nitrogens is 2. The molecule has 0 bridgehead atoms. The Labute approximate surface area is 120 Å². The molecule has 0 aliphatic heterocycles. The topological polar surface area (TPSA) is 67.1 Å². The SMILES string of the molecule is CCN(CC)CC(C)Nc1nc(C)cc(C(N)=S)n1. The van der Waals surface area contributed by atoms with Gasteiger partial charge in [0.05, 0.1) is 0 Å². The Morgan fingerprint density at radius 1 is 1.42 bits per heavy atom. The number of thiocarbonyl (C=S) groups is 1. The molecule has 1 aromatic rings. The van der Waals surface area contributed by atoms with Crippen molar-refractivity contribution < 1.29 is 0 Å². The van der Waals surface area contributed by atoms with Gasteiger partial charge in [-0.2, -0.15) is 0 Å². The fraction of sp³-hybridized carbons (Fsp3) is 0.615. The number of hydrogen-bond donors (Lipinski definition) is 2. The second-order valence-corrected chi connectivity index (χ2v) is 5.05. The minimum Gasteiger partial charge on any atom is -0.388 e. The highest BCUT2D eigenvalue weighted by Crippen LogP contribution is 2.07. The Bertz CT molecular complexity index is 431. The molecule has 19 heavy (non-hydrogen) atoms. The van der Waals surface area contributed by atoms with E-state index in [-0.39, 0.29) is 6.04 Å². The lowest BCUT2D eigenvalue weighted by Crippen LogP contribution is -2.35. The van der Waals surface area contributed by atoms with E-state index in [1.807, 2.05) is 6.92 Å². The summed E-state index contributed by atoms with van der Waals surface area (Å²) in [5.74, 6) is 0.586. The highest BCUT2D eigenvalue weighted by Gasteiger charge is 2.10. The number of nitrogens with zero attached hydrogens (tertiary/aromatic N) is 3. The van der Waals surface area contributed by atoms with Gasteiger partial charge in [-0.25, -0.2) is 9.97 Å². The molecular formula is C13H23N5S. The van der Waals surface area contributed by atoms with Gasteiger partial charge in [0, 0.05) is 18.3 Å². The average Bonchev–Trinajstić information content (AvgIpc) is 2.35. The molecule has 0 aromatic carbocycles.